The fourth-order valence-corrected chi connectivity index (χ4v) is 2.98. The van der Waals surface area contributed by atoms with E-state index in [4.69, 9.17) is 11.6 Å². The fraction of sp³-hybridized carbons (Fsp3) is 0. The molecule has 2 aromatic carbocycles. The lowest BCUT2D eigenvalue weighted by atomic mass is 10.2. The fourth-order valence-electron chi connectivity index (χ4n) is 2.05. The van der Waals surface area contributed by atoms with Crippen molar-refractivity contribution in [3.8, 4) is 0 Å². The molecule has 9 heteroatoms. The van der Waals surface area contributed by atoms with Crippen molar-refractivity contribution in [3.05, 3.63) is 80.3 Å². The number of hydrogen-bond acceptors (Lipinski definition) is 6. The van der Waals surface area contributed by atoms with E-state index in [9.17, 15) is 14.9 Å². The number of aromatic nitrogens is 2. The number of nitrogens with zero attached hydrogens (tertiary/aromatic N) is 3. The number of rotatable bonds is 5. The van der Waals surface area contributed by atoms with E-state index in [1.54, 1.807) is 36.4 Å². The third-order valence-corrected chi connectivity index (χ3v) is 4.59. The van der Waals surface area contributed by atoms with Crippen molar-refractivity contribution >= 4 is 51.3 Å². The molecule has 1 aromatic heterocycles. The van der Waals surface area contributed by atoms with Crippen LogP contribution in [0.25, 0.3) is 11.1 Å². The highest BCUT2D eigenvalue weighted by Gasteiger charge is 2.15. The zero-order chi connectivity index (χ0) is 18.5. The third kappa shape index (κ3) is 4.29. The largest absolute Gasteiger partial charge is 0.320 e. The Kier molecular flexibility index (Phi) is 5.35. The van der Waals surface area contributed by atoms with Crippen LogP contribution in [0.1, 0.15) is 20.4 Å². The number of hydrogen-bond donors (Lipinski definition) is 1. The average Bonchev–Trinajstić information content (AvgIpc) is 3.13. The zero-order valence-electron chi connectivity index (χ0n) is 13.1. The number of carbonyl (C=O) groups excluding carboxylic acids is 1. The molecule has 1 N–H and O–H groups in total. The number of anilines is 1. The van der Waals surface area contributed by atoms with Gasteiger partial charge < -0.3 is 5.32 Å². The highest BCUT2D eigenvalue weighted by atomic mass is 35.5. The van der Waals surface area contributed by atoms with Gasteiger partial charge >= 0.3 is 0 Å². The molecule has 0 spiro atoms. The van der Waals surface area contributed by atoms with E-state index in [1.165, 1.54) is 18.2 Å². The van der Waals surface area contributed by atoms with Gasteiger partial charge in [-0.05, 0) is 23.8 Å². The minimum absolute atomic E-state index is 0.0385. The Bertz CT molecular complexity index is 988. The van der Waals surface area contributed by atoms with Crippen LogP contribution in [-0.4, -0.2) is 21.0 Å². The summed E-state index contributed by atoms with van der Waals surface area (Å²) in [7, 11) is 0. The number of nitrogens with one attached hydrogen (secondary N) is 1. The van der Waals surface area contributed by atoms with Crippen molar-refractivity contribution in [2.75, 3.05) is 5.32 Å². The Hall–Kier alpha value is -3.10. The topological polar surface area (TPSA) is 98.0 Å². The van der Waals surface area contributed by atoms with E-state index >= 15 is 0 Å². The van der Waals surface area contributed by atoms with Gasteiger partial charge in [-0.15, -0.1) is 10.2 Å². The molecule has 0 radical (unpaired) electrons. The van der Waals surface area contributed by atoms with Crippen LogP contribution in [-0.2, 0) is 0 Å². The summed E-state index contributed by atoms with van der Waals surface area (Å²) in [6.45, 7) is 0. The molecule has 0 unspecified atom stereocenters. The van der Waals surface area contributed by atoms with E-state index in [-0.39, 0.29) is 21.6 Å². The molecule has 26 heavy (non-hydrogen) atoms. The lowest BCUT2D eigenvalue weighted by Gasteiger charge is -2.00. The number of para-hydroxylation sites is 1. The first kappa shape index (κ1) is 17.7. The number of benzene rings is 2. The molecule has 0 bridgehead atoms. The Morgan fingerprint density at radius 1 is 1.12 bits per heavy atom. The van der Waals surface area contributed by atoms with Crippen molar-refractivity contribution in [2.24, 2.45) is 0 Å². The van der Waals surface area contributed by atoms with Crippen LogP contribution in [0.2, 0.25) is 0 Å². The molecule has 0 saturated carbocycles. The van der Waals surface area contributed by atoms with Gasteiger partial charge in [-0.2, -0.15) is 0 Å². The number of non-ortho nitro benzene ring substituents is 1. The Morgan fingerprint density at radius 2 is 1.85 bits per heavy atom. The van der Waals surface area contributed by atoms with Gasteiger partial charge in [0.15, 0.2) is 5.01 Å². The summed E-state index contributed by atoms with van der Waals surface area (Å²) < 4.78 is 0. The maximum Gasteiger partial charge on any atom is 0.286 e. The van der Waals surface area contributed by atoms with Crippen LogP contribution in [0.3, 0.4) is 0 Å². The molecule has 7 nitrogen and oxygen atoms in total. The highest BCUT2D eigenvalue weighted by molar-refractivity contribution is 7.15. The van der Waals surface area contributed by atoms with E-state index in [0.717, 1.165) is 11.3 Å². The van der Waals surface area contributed by atoms with Crippen LogP contribution >= 0.6 is 22.9 Å². The number of nitro benzene ring substituents is 1. The SMILES string of the molecule is O=C(Nc1ccccc1)c1nnc(/C(Cl)=C/c2cccc([N+](=O)[O-])c2)s1. The molecular formula is C17H11ClN4O3S. The van der Waals surface area contributed by atoms with Gasteiger partial charge in [-0.1, -0.05) is 53.3 Å². The number of carbonyl (C=O) groups is 1. The second-order valence-electron chi connectivity index (χ2n) is 5.08. The van der Waals surface area contributed by atoms with Crippen LogP contribution in [0.5, 0.6) is 0 Å². The Labute approximate surface area is 157 Å². The smallest absolute Gasteiger partial charge is 0.286 e. The molecule has 0 aliphatic rings. The van der Waals surface area contributed by atoms with Crippen molar-refractivity contribution in [1.82, 2.24) is 10.2 Å². The molecule has 0 fully saturated rings. The van der Waals surface area contributed by atoms with Gasteiger partial charge in [0, 0.05) is 17.8 Å². The van der Waals surface area contributed by atoms with Crippen LogP contribution in [0.15, 0.2) is 54.6 Å². The van der Waals surface area contributed by atoms with E-state index in [0.29, 0.717) is 16.3 Å². The molecule has 3 aromatic rings. The van der Waals surface area contributed by atoms with Gasteiger partial charge in [0.1, 0.15) is 0 Å². The number of halogens is 1. The van der Waals surface area contributed by atoms with Crippen molar-refractivity contribution in [2.45, 2.75) is 0 Å². The first-order valence-electron chi connectivity index (χ1n) is 7.35. The summed E-state index contributed by atoms with van der Waals surface area (Å²) in [4.78, 5) is 22.5. The zero-order valence-corrected chi connectivity index (χ0v) is 14.7. The molecule has 1 heterocycles. The van der Waals surface area contributed by atoms with Gasteiger partial charge in [0.05, 0.1) is 9.96 Å². The predicted molar refractivity (Wildman–Crippen MR) is 101 cm³/mol. The molecule has 3 rings (SSSR count). The molecular weight excluding hydrogens is 376 g/mol. The molecule has 0 aliphatic carbocycles. The summed E-state index contributed by atoms with van der Waals surface area (Å²) in [5.41, 5.74) is 1.16. The monoisotopic (exact) mass is 386 g/mol. The Balaban J connectivity index is 1.77. The van der Waals surface area contributed by atoms with Gasteiger partial charge in [0.25, 0.3) is 11.6 Å². The second-order valence-corrected chi connectivity index (χ2v) is 6.46. The summed E-state index contributed by atoms with van der Waals surface area (Å²) in [5, 5.41) is 22.0. The molecule has 130 valence electrons. The second kappa shape index (κ2) is 7.85. The van der Waals surface area contributed by atoms with Crippen LogP contribution in [0, 0.1) is 10.1 Å². The Morgan fingerprint density at radius 3 is 2.58 bits per heavy atom. The van der Waals surface area contributed by atoms with Gasteiger partial charge in [-0.3, -0.25) is 14.9 Å². The normalized spacial score (nSPS) is 11.2. The van der Waals surface area contributed by atoms with Crippen molar-refractivity contribution in [1.29, 1.82) is 0 Å². The van der Waals surface area contributed by atoms with E-state index in [1.807, 2.05) is 6.07 Å². The first-order valence-corrected chi connectivity index (χ1v) is 8.54. The molecule has 0 aliphatic heterocycles. The van der Waals surface area contributed by atoms with Crippen molar-refractivity contribution < 1.29 is 9.72 Å². The van der Waals surface area contributed by atoms with Crippen LogP contribution < -0.4 is 5.32 Å². The van der Waals surface area contributed by atoms with Gasteiger partial charge in [0.2, 0.25) is 5.01 Å². The highest BCUT2D eigenvalue weighted by Crippen LogP contribution is 2.26. The standard InChI is InChI=1S/C17H11ClN4O3S/c18-14(10-11-5-4-8-13(9-11)22(24)25)16-20-21-17(26-16)15(23)19-12-6-2-1-3-7-12/h1-10H,(H,19,23)/b14-10-. The minimum Gasteiger partial charge on any atom is -0.320 e. The summed E-state index contributed by atoms with van der Waals surface area (Å²) in [6, 6.07) is 15.0. The quantitative estimate of drug-likeness (QED) is 0.516. The minimum atomic E-state index is -0.484. The van der Waals surface area contributed by atoms with Crippen LogP contribution in [0.4, 0.5) is 11.4 Å². The van der Waals surface area contributed by atoms with Crippen molar-refractivity contribution in [3.63, 3.8) is 0 Å². The maximum atomic E-state index is 12.2. The van der Waals surface area contributed by atoms with E-state index < -0.39 is 4.92 Å². The maximum absolute atomic E-state index is 12.2. The summed E-state index contributed by atoms with van der Waals surface area (Å²) in [5.74, 6) is -0.389. The number of amides is 1. The first-order chi connectivity index (χ1) is 12.5. The summed E-state index contributed by atoms with van der Waals surface area (Å²) in [6.07, 6.45) is 1.54. The van der Waals surface area contributed by atoms with Gasteiger partial charge in [-0.25, -0.2) is 0 Å². The predicted octanol–water partition coefficient (Wildman–Crippen LogP) is 4.44. The third-order valence-electron chi connectivity index (χ3n) is 3.23. The van der Waals surface area contributed by atoms with E-state index in [2.05, 4.69) is 15.5 Å². The molecule has 1 amide bonds. The molecule has 0 atom stereocenters. The average molecular weight is 387 g/mol. The number of nitro groups is 1. The summed E-state index contributed by atoms with van der Waals surface area (Å²) >= 11 is 7.25. The lowest BCUT2D eigenvalue weighted by molar-refractivity contribution is -0.384. The molecule has 0 saturated heterocycles. The lowest BCUT2D eigenvalue weighted by Crippen LogP contribution is -2.11.